The van der Waals surface area contributed by atoms with E-state index in [1.165, 1.54) is 11.4 Å². The first-order valence-electron chi connectivity index (χ1n) is 5.59. The lowest BCUT2D eigenvalue weighted by molar-refractivity contribution is 0.379. The van der Waals surface area contributed by atoms with Crippen LogP contribution in [0.4, 0.5) is 0 Å². The SMILES string of the molecule is Cc1csc(CCCNCC(C)(C)C)n1. The summed E-state index contributed by atoms with van der Waals surface area (Å²) >= 11 is 1.77. The molecule has 0 saturated carbocycles. The predicted molar refractivity (Wildman–Crippen MR) is 67.5 cm³/mol. The lowest BCUT2D eigenvalue weighted by Crippen LogP contribution is -2.27. The number of hydrogen-bond acceptors (Lipinski definition) is 3. The van der Waals surface area contributed by atoms with Gasteiger partial charge in [-0.15, -0.1) is 11.3 Å². The van der Waals surface area contributed by atoms with Crippen LogP contribution in [-0.4, -0.2) is 18.1 Å². The van der Waals surface area contributed by atoms with Crippen LogP contribution in [0.3, 0.4) is 0 Å². The van der Waals surface area contributed by atoms with Gasteiger partial charge in [-0.1, -0.05) is 20.8 Å². The fraction of sp³-hybridized carbons (Fsp3) is 0.750. The molecule has 0 spiro atoms. The summed E-state index contributed by atoms with van der Waals surface area (Å²) in [6, 6.07) is 0. The molecule has 0 amide bonds. The molecule has 1 rings (SSSR count). The molecule has 1 heterocycles. The lowest BCUT2D eigenvalue weighted by Gasteiger charge is -2.18. The molecule has 0 bridgehead atoms. The van der Waals surface area contributed by atoms with Gasteiger partial charge in [-0.3, -0.25) is 0 Å². The third-order valence-electron chi connectivity index (χ3n) is 2.07. The quantitative estimate of drug-likeness (QED) is 0.781. The standard InChI is InChI=1S/C12H22N2S/c1-10-8-15-11(14-10)6-5-7-13-9-12(2,3)4/h8,13H,5-7,9H2,1-4H3. The average Bonchev–Trinajstić information content (AvgIpc) is 2.49. The van der Waals surface area contributed by atoms with Gasteiger partial charge in [-0.2, -0.15) is 0 Å². The maximum absolute atomic E-state index is 4.45. The van der Waals surface area contributed by atoms with Gasteiger partial charge in [0, 0.05) is 17.5 Å². The number of rotatable bonds is 5. The van der Waals surface area contributed by atoms with Crippen LogP contribution in [0, 0.1) is 12.3 Å². The monoisotopic (exact) mass is 226 g/mol. The Labute approximate surface area is 97.1 Å². The van der Waals surface area contributed by atoms with Gasteiger partial charge < -0.3 is 5.32 Å². The lowest BCUT2D eigenvalue weighted by atomic mass is 9.97. The van der Waals surface area contributed by atoms with Gasteiger partial charge in [-0.05, 0) is 31.8 Å². The highest BCUT2D eigenvalue weighted by Gasteiger charge is 2.08. The molecule has 0 aliphatic carbocycles. The number of thiazole rings is 1. The molecule has 1 N–H and O–H groups in total. The van der Waals surface area contributed by atoms with E-state index in [9.17, 15) is 0 Å². The molecule has 3 heteroatoms. The Balaban J connectivity index is 2.07. The zero-order valence-corrected chi connectivity index (χ0v) is 11.1. The highest BCUT2D eigenvalue weighted by Crippen LogP contribution is 2.11. The molecule has 0 aromatic carbocycles. The maximum Gasteiger partial charge on any atom is 0.0928 e. The van der Waals surface area contributed by atoms with E-state index < -0.39 is 0 Å². The molecule has 0 fully saturated rings. The maximum atomic E-state index is 4.45. The van der Waals surface area contributed by atoms with E-state index in [0.29, 0.717) is 5.41 Å². The van der Waals surface area contributed by atoms with Crippen LogP contribution in [0.15, 0.2) is 5.38 Å². The molecule has 0 atom stereocenters. The van der Waals surface area contributed by atoms with Crippen LogP contribution < -0.4 is 5.32 Å². The Kier molecular flexibility index (Phi) is 4.74. The van der Waals surface area contributed by atoms with Gasteiger partial charge in [0.25, 0.3) is 0 Å². The second kappa shape index (κ2) is 5.61. The van der Waals surface area contributed by atoms with Gasteiger partial charge in [0.05, 0.1) is 5.01 Å². The molecule has 0 radical (unpaired) electrons. The molecule has 86 valence electrons. The minimum Gasteiger partial charge on any atom is -0.316 e. The Bertz CT molecular complexity index is 286. The fourth-order valence-electron chi connectivity index (χ4n) is 1.35. The van der Waals surface area contributed by atoms with E-state index in [1.54, 1.807) is 11.3 Å². The zero-order valence-electron chi connectivity index (χ0n) is 10.3. The van der Waals surface area contributed by atoms with Gasteiger partial charge >= 0.3 is 0 Å². The van der Waals surface area contributed by atoms with Crippen LogP contribution in [-0.2, 0) is 6.42 Å². The van der Waals surface area contributed by atoms with Gasteiger partial charge in [0.15, 0.2) is 0 Å². The molecule has 0 aliphatic heterocycles. The first-order valence-corrected chi connectivity index (χ1v) is 6.47. The van der Waals surface area contributed by atoms with Crippen LogP contribution in [0.2, 0.25) is 0 Å². The van der Waals surface area contributed by atoms with Crippen molar-refractivity contribution >= 4 is 11.3 Å². The smallest absolute Gasteiger partial charge is 0.0928 e. The summed E-state index contributed by atoms with van der Waals surface area (Å²) in [6.07, 6.45) is 2.29. The Morgan fingerprint density at radius 1 is 1.40 bits per heavy atom. The molecule has 2 nitrogen and oxygen atoms in total. The van der Waals surface area contributed by atoms with Crippen molar-refractivity contribution in [3.05, 3.63) is 16.1 Å². The molecular weight excluding hydrogens is 204 g/mol. The van der Waals surface area contributed by atoms with Crippen LogP contribution >= 0.6 is 11.3 Å². The first-order chi connectivity index (χ1) is 6.97. The minimum atomic E-state index is 0.387. The predicted octanol–water partition coefficient (Wildman–Crippen LogP) is 3.02. The molecule has 1 aromatic heterocycles. The van der Waals surface area contributed by atoms with Crippen molar-refractivity contribution in [1.82, 2.24) is 10.3 Å². The Morgan fingerprint density at radius 2 is 2.13 bits per heavy atom. The summed E-state index contributed by atoms with van der Waals surface area (Å²) in [5, 5.41) is 6.87. The van der Waals surface area contributed by atoms with Crippen molar-refractivity contribution in [2.45, 2.75) is 40.5 Å². The van der Waals surface area contributed by atoms with Crippen LogP contribution in [0.1, 0.15) is 37.9 Å². The summed E-state index contributed by atoms with van der Waals surface area (Å²) in [5.74, 6) is 0. The Morgan fingerprint density at radius 3 is 2.67 bits per heavy atom. The topological polar surface area (TPSA) is 24.9 Å². The summed E-state index contributed by atoms with van der Waals surface area (Å²) in [6.45, 7) is 11.0. The zero-order chi connectivity index (χ0) is 11.3. The van der Waals surface area contributed by atoms with Gasteiger partial charge in [0.1, 0.15) is 0 Å². The molecule has 0 saturated heterocycles. The average molecular weight is 226 g/mol. The van der Waals surface area contributed by atoms with Crippen molar-refractivity contribution in [3.8, 4) is 0 Å². The van der Waals surface area contributed by atoms with E-state index in [2.05, 4.69) is 43.4 Å². The highest BCUT2D eigenvalue weighted by molar-refractivity contribution is 7.09. The number of nitrogens with zero attached hydrogens (tertiary/aromatic N) is 1. The molecule has 1 aromatic rings. The molecule has 0 aliphatic rings. The van der Waals surface area contributed by atoms with Crippen molar-refractivity contribution in [2.24, 2.45) is 5.41 Å². The van der Waals surface area contributed by atoms with Crippen molar-refractivity contribution in [3.63, 3.8) is 0 Å². The number of nitrogens with one attached hydrogen (secondary N) is 1. The van der Waals surface area contributed by atoms with E-state index >= 15 is 0 Å². The second-order valence-corrected chi connectivity index (χ2v) is 6.17. The summed E-state index contributed by atoms with van der Waals surface area (Å²) < 4.78 is 0. The first kappa shape index (κ1) is 12.7. The van der Waals surface area contributed by atoms with Gasteiger partial charge in [0.2, 0.25) is 0 Å². The summed E-state index contributed by atoms with van der Waals surface area (Å²) in [5.41, 5.74) is 1.54. The van der Waals surface area contributed by atoms with E-state index in [1.807, 2.05) is 0 Å². The van der Waals surface area contributed by atoms with Crippen LogP contribution in [0.5, 0.6) is 0 Å². The highest BCUT2D eigenvalue weighted by atomic mass is 32.1. The number of aromatic nitrogens is 1. The number of hydrogen-bond donors (Lipinski definition) is 1. The molecule has 15 heavy (non-hydrogen) atoms. The normalized spacial score (nSPS) is 12.0. The Hall–Kier alpha value is -0.410. The van der Waals surface area contributed by atoms with Gasteiger partial charge in [-0.25, -0.2) is 4.98 Å². The fourth-order valence-corrected chi connectivity index (χ4v) is 2.16. The molecular formula is C12H22N2S. The van der Waals surface area contributed by atoms with Crippen molar-refractivity contribution in [1.29, 1.82) is 0 Å². The minimum absolute atomic E-state index is 0.387. The van der Waals surface area contributed by atoms with Crippen LogP contribution in [0.25, 0.3) is 0 Å². The van der Waals surface area contributed by atoms with E-state index in [0.717, 1.165) is 25.2 Å². The van der Waals surface area contributed by atoms with E-state index in [4.69, 9.17) is 0 Å². The third kappa shape index (κ3) is 5.90. The third-order valence-corrected chi connectivity index (χ3v) is 3.09. The molecule has 0 unspecified atom stereocenters. The van der Waals surface area contributed by atoms with Crippen molar-refractivity contribution in [2.75, 3.05) is 13.1 Å². The number of aryl methyl sites for hydroxylation is 2. The summed E-state index contributed by atoms with van der Waals surface area (Å²) in [4.78, 5) is 4.45. The second-order valence-electron chi connectivity index (χ2n) is 5.22. The van der Waals surface area contributed by atoms with E-state index in [-0.39, 0.29) is 0 Å². The van der Waals surface area contributed by atoms with Crippen molar-refractivity contribution < 1.29 is 0 Å². The largest absolute Gasteiger partial charge is 0.316 e. The summed E-state index contributed by atoms with van der Waals surface area (Å²) in [7, 11) is 0.